The number of halogens is 2. The Morgan fingerprint density at radius 2 is 1.40 bits per heavy atom. The Bertz CT molecular complexity index is 411. The fourth-order valence-electron chi connectivity index (χ4n) is 3.68. The standard InChI is InChI=1S/C13H17.C2H4O2.2ClH.Ti/c1-3-7-12-10(5-1)9-11-6-2-4-8-13(11)12;1-2(3)4;;;/h9H,1-8H2;1H3,(H,3,4);2*1H;/q;;;;+3/p-3. The van der Waals surface area contributed by atoms with Gasteiger partial charge in [-0.25, -0.2) is 0 Å². The van der Waals surface area contributed by atoms with E-state index in [1.807, 2.05) is 0 Å². The van der Waals surface area contributed by atoms with E-state index < -0.39 is 19.5 Å². The van der Waals surface area contributed by atoms with Crippen molar-refractivity contribution in [3.63, 3.8) is 0 Å². The number of hydrogen-bond acceptors (Lipinski definition) is 2. The Morgan fingerprint density at radius 3 is 1.85 bits per heavy atom. The van der Waals surface area contributed by atoms with Crippen molar-refractivity contribution in [2.75, 3.05) is 0 Å². The molecule has 0 fully saturated rings. The summed E-state index contributed by atoms with van der Waals surface area (Å²) in [4.78, 5) is 11.1. The molecule has 0 saturated heterocycles. The van der Waals surface area contributed by atoms with Crippen molar-refractivity contribution >= 4 is 5.97 Å². The van der Waals surface area contributed by atoms with E-state index in [0.29, 0.717) is 4.22 Å². The van der Waals surface area contributed by atoms with Crippen LogP contribution in [0, 0.1) is 0 Å². The van der Waals surface area contributed by atoms with Crippen LogP contribution in [0.3, 0.4) is 0 Å². The smallest absolute Gasteiger partial charge is 1.00 e. The van der Waals surface area contributed by atoms with Crippen LogP contribution >= 0.6 is 0 Å². The van der Waals surface area contributed by atoms with Crippen LogP contribution < -0.4 is 24.8 Å². The minimum atomic E-state index is -0.622. The summed E-state index contributed by atoms with van der Waals surface area (Å²) < 4.78 is 6.01. The summed E-state index contributed by atoms with van der Waals surface area (Å²) in [5.41, 5.74) is 6.73. The van der Waals surface area contributed by atoms with Gasteiger partial charge in [0.2, 0.25) is 0 Å². The first-order valence-electron chi connectivity index (χ1n) is 7.14. The predicted molar refractivity (Wildman–Crippen MR) is 66.5 cm³/mol. The molecule has 0 heterocycles. The van der Waals surface area contributed by atoms with E-state index in [4.69, 9.17) is 3.32 Å². The normalized spacial score (nSPS) is 21.2. The van der Waals surface area contributed by atoms with Crippen LogP contribution in [0.4, 0.5) is 0 Å². The van der Waals surface area contributed by atoms with E-state index in [1.54, 1.807) is 29.2 Å². The zero-order chi connectivity index (χ0) is 12.5. The van der Waals surface area contributed by atoms with Crippen molar-refractivity contribution in [2.24, 2.45) is 0 Å². The Hall–Kier alpha value is 0.244. The molecule has 0 aromatic carbocycles. The second-order valence-electron chi connectivity index (χ2n) is 5.57. The zero-order valence-electron chi connectivity index (χ0n) is 11.8. The molecule has 0 saturated carbocycles. The van der Waals surface area contributed by atoms with E-state index in [0.717, 1.165) is 0 Å². The van der Waals surface area contributed by atoms with Gasteiger partial charge in [0.1, 0.15) is 0 Å². The molecule has 0 aliphatic heterocycles. The Balaban J connectivity index is 0.000001000. The Kier molecular flexibility index (Phi) is 7.34. The van der Waals surface area contributed by atoms with Gasteiger partial charge in [-0.1, -0.05) is 0 Å². The summed E-state index contributed by atoms with van der Waals surface area (Å²) >= 11 is -0.622. The third kappa shape index (κ3) is 3.52. The SMILES string of the molecule is CC(=O)[O][Ti+2][CH]1C2=C(CCCC2)C2=C1CCCC2.[Cl-].[Cl-]. The molecular formula is C15H20Cl2O2Ti. The predicted octanol–water partition coefficient (Wildman–Crippen LogP) is -1.90. The summed E-state index contributed by atoms with van der Waals surface area (Å²) in [6, 6.07) is 0. The monoisotopic (exact) mass is 350 g/mol. The van der Waals surface area contributed by atoms with Crippen molar-refractivity contribution in [1.82, 2.24) is 0 Å². The van der Waals surface area contributed by atoms with Gasteiger partial charge in [-0.2, -0.15) is 0 Å². The third-order valence-corrected chi connectivity index (χ3v) is 6.49. The molecule has 0 atom stereocenters. The number of carbonyl (C=O) groups is 1. The number of fused-ring (bicyclic) bond motifs is 1. The summed E-state index contributed by atoms with van der Waals surface area (Å²) in [7, 11) is 0. The van der Waals surface area contributed by atoms with Crippen molar-refractivity contribution in [3.05, 3.63) is 22.3 Å². The molecule has 3 rings (SSSR count). The average Bonchev–Trinajstić information content (AvgIpc) is 2.71. The topological polar surface area (TPSA) is 26.3 Å². The summed E-state index contributed by atoms with van der Waals surface area (Å²) in [6.45, 7) is 1.55. The van der Waals surface area contributed by atoms with Crippen molar-refractivity contribution < 1.29 is 52.5 Å². The van der Waals surface area contributed by atoms with Crippen LogP contribution in [0.1, 0.15) is 58.3 Å². The molecule has 0 aromatic heterocycles. The molecule has 0 N–H and O–H groups in total. The molecule has 3 aliphatic rings. The van der Waals surface area contributed by atoms with Crippen LogP contribution in [0.15, 0.2) is 22.3 Å². The van der Waals surface area contributed by atoms with E-state index in [9.17, 15) is 4.79 Å². The van der Waals surface area contributed by atoms with E-state index in [2.05, 4.69) is 0 Å². The van der Waals surface area contributed by atoms with E-state index >= 15 is 0 Å². The minimum absolute atomic E-state index is 0. The maximum Gasteiger partial charge on any atom is -1.00 e. The van der Waals surface area contributed by atoms with Gasteiger partial charge in [0.05, 0.1) is 0 Å². The van der Waals surface area contributed by atoms with Crippen LogP contribution in [-0.2, 0) is 27.7 Å². The largest absolute Gasteiger partial charge is 1.00 e. The molecule has 5 heteroatoms. The molecule has 0 amide bonds. The van der Waals surface area contributed by atoms with Crippen molar-refractivity contribution in [2.45, 2.75) is 62.5 Å². The first-order chi connectivity index (χ1) is 8.77. The maximum atomic E-state index is 11.1. The van der Waals surface area contributed by atoms with Crippen molar-refractivity contribution in [3.8, 4) is 0 Å². The average molecular weight is 351 g/mol. The van der Waals surface area contributed by atoms with Gasteiger partial charge in [-0.05, 0) is 0 Å². The van der Waals surface area contributed by atoms with Gasteiger partial charge in [0.15, 0.2) is 0 Å². The zero-order valence-corrected chi connectivity index (χ0v) is 14.9. The second-order valence-corrected chi connectivity index (χ2v) is 7.15. The Morgan fingerprint density at radius 1 is 0.950 bits per heavy atom. The summed E-state index contributed by atoms with van der Waals surface area (Å²) in [5.74, 6) is -0.0854. The number of hydrogen-bond donors (Lipinski definition) is 0. The number of rotatable bonds is 2. The Labute approximate surface area is 143 Å². The van der Waals surface area contributed by atoms with Crippen LogP contribution in [-0.4, -0.2) is 5.97 Å². The van der Waals surface area contributed by atoms with Crippen LogP contribution in [0.5, 0.6) is 0 Å². The van der Waals surface area contributed by atoms with Gasteiger partial charge in [-0.3, -0.25) is 0 Å². The van der Waals surface area contributed by atoms with Gasteiger partial charge in [0.25, 0.3) is 0 Å². The molecule has 110 valence electrons. The molecule has 2 nitrogen and oxygen atoms in total. The molecule has 0 unspecified atom stereocenters. The fraction of sp³-hybridized carbons (Fsp3) is 0.667. The first-order valence-corrected chi connectivity index (χ1v) is 8.68. The van der Waals surface area contributed by atoms with Crippen molar-refractivity contribution in [1.29, 1.82) is 0 Å². The molecule has 0 aromatic rings. The molecule has 3 aliphatic carbocycles. The van der Waals surface area contributed by atoms with Crippen LogP contribution in [0.25, 0.3) is 0 Å². The molecule has 0 radical (unpaired) electrons. The minimum Gasteiger partial charge on any atom is -1.00 e. The van der Waals surface area contributed by atoms with Gasteiger partial charge < -0.3 is 24.8 Å². The molecule has 0 spiro atoms. The molecular weight excluding hydrogens is 331 g/mol. The third-order valence-electron chi connectivity index (χ3n) is 4.40. The number of carbonyl (C=O) groups excluding carboxylic acids is 1. The van der Waals surface area contributed by atoms with Crippen LogP contribution in [0.2, 0.25) is 4.22 Å². The second kappa shape index (κ2) is 8.03. The van der Waals surface area contributed by atoms with E-state index in [-0.39, 0.29) is 30.8 Å². The summed E-state index contributed by atoms with van der Waals surface area (Å²) in [5, 5.41) is 0. The fourth-order valence-corrected chi connectivity index (χ4v) is 5.56. The molecule has 0 bridgehead atoms. The van der Waals surface area contributed by atoms with Gasteiger partial charge in [-0.15, -0.1) is 0 Å². The van der Waals surface area contributed by atoms with Gasteiger partial charge >= 0.3 is 118 Å². The van der Waals surface area contributed by atoms with E-state index in [1.165, 1.54) is 51.4 Å². The quantitative estimate of drug-likeness (QED) is 0.544. The first kappa shape index (κ1) is 18.3. The maximum absolute atomic E-state index is 11.1. The summed E-state index contributed by atoms with van der Waals surface area (Å²) in [6.07, 6.45) is 10.5. The molecule has 20 heavy (non-hydrogen) atoms. The van der Waals surface area contributed by atoms with Gasteiger partial charge in [0, 0.05) is 0 Å². The number of allylic oxidation sites excluding steroid dienone is 4.